The molecule has 1 fully saturated rings. The van der Waals surface area contributed by atoms with Gasteiger partial charge in [0.05, 0.1) is 13.0 Å². The minimum absolute atomic E-state index is 0.0282. The molecule has 15 heavy (non-hydrogen) atoms. The van der Waals surface area contributed by atoms with Crippen LogP contribution in [0.3, 0.4) is 0 Å². The smallest absolute Gasteiger partial charge is 0.305 e. The zero-order valence-electron chi connectivity index (χ0n) is 8.86. The number of carboxylic acids is 1. The highest BCUT2D eigenvalue weighted by Crippen LogP contribution is 2.28. The second-order valence-corrected chi connectivity index (χ2v) is 4.02. The maximum Gasteiger partial charge on any atom is 0.305 e. The summed E-state index contributed by atoms with van der Waals surface area (Å²) in [6.07, 6.45) is 2.32. The first-order valence-corrected chi connectivity index (χ1v) is 5.17. The van der Waals surface area contributed by atoms with Crippen molar-refractivity contribution in [2.24, 2.45) is 5.92 Å². The quantitative estimate of drug-likeness (QED) is 0.644. The molecule has 5 nitrogen and oxygen atoms in total. The van der Waals surface area contributed by atoms with Crippen molar-refractivity contribution in [1.29, 1.82) is 0 Å². The summed E-state index contributed by atoms with van der Waals surface area (Å²) in [5.74, 6) is -0.527. The van der Waals surface area contributed by atoms with Crippen LogP contribution in [0.15, 0.2) is 0 Å². The molecular formula is C10H17NO4. The first kappa shape index (κ1) is 12.0. The largest absolute Gasteiger partial charge is 0.481 e. The Morgan fingerprint density at radius 1 is 1.53 bits per heavy atom. The molecule has 1 aliphatic rings. The van der Waals surface area contributed by atoms with E-state index in [-0.39, 0.29) is 25.0 Å². The average molecular weight is 215 g/mol. The van der Waals surface area contributed by atoms with Crippen molar-refractivity contribution in [3.05, 3.63) is 0 Å². The number of hydrogen-bond acceptors (Lipinski definition) is 3. The van der Waals surface area contributed by atoms with E-state index in [0.29, 0.717) is 12.5 Å². The topological polar surface area (TPSA) is 75.6 Å². The number of ether oxygens (including phenoxy) is 1. The summed E-state index contributed by atoms with van der Waals surface area (Å²) in [7, 11) is 0. The van der Waals surface area contributed by atoms with Crippen LogP contribution >= 0.6 is 0 Å². The van der Waals surface area contributed by atoms with E-state index >= 15 is 0 Å². The number of aliphatic carboxylic acids is 1. The van der Waals surface area contributed by atoms with E-state index in [1.54, 1.807) is 6.92 Å². The Morgan fingerprint density at radius 3 is 2.73 bits per heavy atom. The molecule has 0 bridgehead atoms. The lowest BCUT2D eigenvalue weighted by Gasteiger charge is -2.11. The molecular weight excluding hydrogens is 198 g/mol. The third-order valence-electron chi connectivity index (χ3n) is 2.17. The van der Waals surface area contributed by atoms with Crippen molar-refractivity contribution in [3.63, 3.8) is 0 Å². The average Bonchev–Trinajstić information content (AvgIpc) is 2.85. The van der Waals surface area contributed by atoms with Gasteiger partial charge in [0.25, 0.3) is 0 Å². The van der Waals surface area contributed by atoms with Gasteiger partial charge in [0, 0.05) is 6.04 Å². The zero-order chi connectivity index (χ0) is 11.3. The summed E-state index contributed by atoms with van der Waals surface area (Å²) in [4.78, 5) is 21.5. The van der Waals surface area contributed by atoms with Gasteiger partial charge in [-0.3, -0.25) is 9.59 Å². The second kappa shape index (κ2) is 5.70. The molecule has 1 aliphatic carbocycles. The Bertz CT molecular complexity index is 238. The summed E-state index contributed by atoms with van der Waals surface area (Å²) < 4.78 is 5.17. The van der Waals surface area contributed by atoms with Crippen molar-refractivity contribution in [2.75, 3.05) is 13.2 Å². The second-order valence-electron chi connectivity index (χ2n) is 4.02. The molecule has 1 unspecified atom stereocenters. The molecule has 0 radical (unpaired) electrons. The molecule has 1 saturated carbocycles. The molecule has 0 aromatic carbocycles. The van der Waals surface area contributed by atoms with Gasteiger partial charge < -0.3 is 15.2 Å². The van der Waals surface area contributed by atoms with Gasteiger partial charge in [-0.15, -0.1) is 0 Å². The maximum atomic E-state index is 11.2. The van der Waals surface area contributed by atoms with Crippen LogP contribution in [0.1, 0.15) is 26.2 Å². The van der Waals surface area contributed by atoms with Crippen LogP contribution < -0.4 is 5.32 Å². The third kappa shape index (κ3) is 6.06. The first-order valence-electron chi connectivity index (χ1n) is 5.17. The molecule has 86 valence electrons. The Hall–Kier alpha value is -1.10. The molecule has 0 aromatic rings. The standard InChI is InChI=1S/C10H17NO4/c1-7(4-10(13)14)11-9(12)6-15-5-8-2-3-8/h7-8H,2-6H2,1H3,(H,11,12)(H,13,14). The Labute approximate surface area is 88.8 Å². The van der Waals surface area contributed by atoms with Crippen LogP contribution in [0, 0.1) is 5.92 Å². The van der Waals surface area contributed by atoms with E-state index < -0.39 is 5.97 Å². The predicted molar refractivity (Wildman–Crippen MR) is 53.4 cm³/mol. The minimum Gasteiger partial charge on any atom is -0.481 e. The van der Waals surface area contributed by atoms with Crippen molar-refractivity contribution in [1.82, 2.24) is 5.32 Å². The number of carbonyl (C=O) groups excluding carboxylic acids is 1. The van der Waals surface area contributed by atoms with E-state index in [9.17, 15) is 9.59 Å². The highest BCUT2D eigenvalue weighted by atomic mass is 16.5. The van der Waals surface area contributed by atoms with E-state index in [1.807, 2.05) is 0 Å². The lowest BCUT2D eigenvalue weighted by atomic mass is 10.2. The van der Waals surface area contributed by atoms with Crippen LogP contribution in [0.2, 0.25) is 0 Å². The number of hydrogen-bond donors (Lipinski definition) is 2. The number of carboxylic acid groups (broad SMARTS) is 1. The third-order valence-corrected chi connectivity index (χ3v) is 2.17. The normalized spacial score (nSPS) is 17.1. The number of rotatable bonds is 7. The number of nitrogens with one attached hydrogen (secondary N) is 1. The van der Waals surface area contributed by atoms with Crippen molar-refractivity contribution >= 4 is 11.9 Å². The van der Waals surface area contributed by atoms with E-state index in [0.717, 1.165) is 0 Å². The molecule has 2 N–H and O–H groups in total. The lowest BCUT2D eigenvalue weighted by Crippen LogP contribution is -2.36. The molecule has 0 heterocycles. The summed E-state index contributed by atoms with van der Waals surface area (Å²) >= 11 is 0. The Balaban J connectivity index is 2.02. The predicted octanol–water partition coefficient (Wildman–Crippen LogP) is 0.392. The highest BCUT2D eigenvalue weighted by molar-refractivity contribution is 5.78. The van der Waals surface area contributed by atoms with Gasteiger partial charge >= 0.3 is 5.97 Å². The fraction of sp³-hybridized carbons (Fsp3) is 0.800. The van der Waals surface area contributed by atoms with Crippen LogP contribution in [-0.4, -0.2) is 36.2 Å². The summed E-state index contributed by atoms with van der Waals surface area (Å²) in [5.41, 5.74) is 0. The molecule has 5 heteroatoms. The lowest BCUT2D eigenvalue weighted by molar-refractivity contribution is -0.137. The molecule has 1 rings (SSSR count). The van der Waals surface area contributed by atoms with Crippen molar-refractivity contribution < 1.29 is 19.4 Å². The van der Waals surface area contributed by atoms with Crippen LogP contribution in [0.5, 0.6) is 0 Å². The molecule has 0 spiro atoms. The van der Waals surface area contributed by atoms with Crippen molar-refractivity contribution in [2.45, 2.75) is 32.2 Å². The van der Waals surface area contributed by atoms with Crippen LogP contribution in [0.25, 0.3) is 0 Å². The van der Waals surface area contributed by atoms with Gasteiger partial charge in [0.15, 0.2) is 0 Å². The maximum absolute atomic E-state index is 11.2. The van der Waals surface area contributed by atoms with E-state index in [4.69, 9.17) is 9.84 Å². The highest BCUT2D eigenvalue weighted by Gasteiger charge is 2.21. The summed E-state index contributed by atoms with van der Waals surface area (Å²) in [6, 6.07) is -0.348. The Kier molecular flexibility index (Phi) is 4.55. The fourth-order valence-electron chi connectivity index (χ4n) is 1.23. The van der Waals surface area contributed by atoms with Gasteiger partial charge in [-0.05, 0) is 25.7 Å². The van der Waals surface area contributed by atoms with Crippen LogP contribution in [0.4, 0.5) is 0 Å². The zero-order valence-corrected chi connectivity index (χ0v) is 8.86. The fourth-order valence-corrected chi connectivity index (χ4v) is 1.23. The summed E-state index contributed by atoms with van der Waals surface area (Å²) in [5, 5.41) is 11.0. The molecule has 1 atom stereocenters. The molecule has 0 saturated heterocycles. The van der Waals surface area contributed by atoms with Gasteiger partial charge in [-0.25, -0.2) is 0 Å². The van der Waals surface area contributed by atoms with Gasteiger partial charge in [0.1, 0.15) is 6.61 Å². The van der Waals surface area contributed by atoms with Crippen LogP contribution in [-0.2, 0) is 14.3 Å². The molecule has 1 amide bonds. The molecule has 0 aromatic heterocycles. The van der Waals surface area contributed by atoms with E-state index in [1.165, 1.54) is 12.8 Å². The van der Waals surface area contributed by atoms with E-state index in [2.05, 4.69) is 5.32 Å². The first-order chi connectivity index (χ1) is 7.08. The minimum atomic E-state index is -0.915. The number of amides is 1. The van der Waals surface area contributed by atoms with Gasteiger partial charge in [0.2, 0.25) is 5.91 Å². The van der Waals surface area contributed by atoms with Gasteiger partial charge in [-0.2, -0.15) is 0 Å². The van der Waals surface area contributed by atoms with Crippen molar-refractivity contribution in [3.8, 4) is 0 Å². The monoisotopic (exact) mass is 215 g/mol. The number of carbonyl (C=O) groups is 2. The van der Waals surface area contributed by atoms with Gasteiger partial charge in [-0.1, -0.05) is 0 Å². The SMILES string of the molecule is CC(CC(=O)O)NC(=O)COCC1CC1. The molecule has 0 aliphatic heterocycles. The summed E-state index contributed by atoms with van der Waals surface area (Å²) in [6.45, 7) is 2.33. The Morgan fingerprint density at radius 2 is 2.20 bits per heavy atom.